The van der Waals surface area contributed by atoms with Crippen molar-refractivity contribution in [3.8, 4) is 0 Å². The van der Waals surface area contributed by atoms with E-state index >= 15 is 0 Å². The van der Waals surface area contributed by atoms with E-state index in [-0.39, 0.29) is 23.3 Å². The van der Waals surface area contributed by atoms with Gasteiger partial charge in [0.25, 0.3) is 0 Å². The molecule has 10 heteroatoms. The molecule has 2 aromatic carbocycles. The fourth-order valence-electron chi connectivity index (χ4n) is 4.68. The molecule has 36 heavy (non-hydrogen) atoms. The standard InChI is InChI=1S/C26H32FN5O3S/c1-17(2)14-31-9-10-32(36(33,34)26-16-35-30-19(26)4)15-25(31)23-12-20(13-28)24(11-18(23)3)29-22-7-5-21(27)6-8-22/h5-8,11-13,16-17,25,28-29H,9-10,14-15H2,1-4H3/t25-/m0/s1. The summed E-state index contributed by atoms with van der Waals surface area (Å²) in [6.07, 6.45) is 2.47. The number of piperazine rings is 1. The topological polar surface area (TPSA) is 103 Å². The molecule has 0 saturated carbocycles. The third-order valence-corrected chi connectivity index (χ3v) is 8.41. The van der Waals surface area contributed by atoms with Gasteiger partial charge in [-0.2, -0.15) is 4.31 Å². The summed E-state index contributed by atoms with van der Waals surface area (Å²) in [5.41, 5.74) is 4.40. The molecule has 0 amide bonds. The third-order valence-electron chi connectivity index (χ3n) is 6.45. The lowest BCUT2D eigenvalue weighted by atomic mass is 9.94. The van der Waals surface area contributed by atoms with Crippen molar-refractivity contribution in [3.05, 3.63) is 70.9 Å². The average Bonchev–Trinajstić information content (AvgIpc) is 3.27. The van der Waals surface area contributed by atoms with Gasteiger partial charge in [0.1, 0.15) is 22.7 Å². The van der Waals surface area contributed by atoms with Gasteiger partial charge in [-0.15, -0.1) is 0 Å². The molecule has 0 spiro atoms. The summed E-state index contributed by atoms with van der Waals surface area (Å²) in [6, 6.07) is 9.78. The van der Waals surface area contributed by atoms with Crippen LogP contribution in [0.3, 0.4) is 0 Å². The zero-order valence-corrected chi connectivity index (χ0v) is 21.8. The highest BCUT2D eigenvalue weighted by Gasteiger charge is 2.37. The Bertz CT molecular complexity index is 1340. The summed E-state index contributed by atoms with van der Waals surface area (Å²) < 4.78 is 46.5. The van der Waals surface area contributed by atoms with Crippen molar-refractivity contribution in [2.24, 2.45) is 5.92 Å². The highest BCUT2D eigenvalue weighted by molar-refractivity contribution is 7.89. The molecule has 0 aliphatic carbocycles. The van der Waals surface area contributed by atoms with Crippen molar-refractivity contribution in [3.63, 3.8) is 0 Å². The number of nitrogens with zero attached hydrogens (tertiary/aromatic N) is 3. The maximum atomic E-state index is 13.4. The van der Waals surface area contributed by atoms with E-state index in [2.05, 4.69) is 29.2 Å². The number of benzene rings is 2. The Morgan fingerprint density at radius 1 is 1.22 bits per heavy atom. The first-order chi connectivity index (χ1) is 17.1. The Hall–Kier alpha value is -3.08. The molecule has 1 atom stereocenters. The molecular formula is C26H32FN5O3S. The first-order valence-corrected chi connectivity index (χ1v) is 13.4. The smallest absolute Gasteiger partial charge is 0.248 e. The van der Waals surface area contributed by atoms with Gasteiger partial charge < -0.3 is 15.2 Å². The van der Waals surface area contributed by atoms with Crippen LogP contribution >= 0.6 is 0 Å². The van der Waals surface area contributed by atoms with Crippen molar-refractivity contribution < 1.29 is 17.3 Å². The lowest BCUT2D eigenvalue weighted by Crippen LogP contribution is -2.51. The second-order valence-electron chi connectivity index (χ2n) is 9.60. The van der Waals surface area contributed by atoms with Crippen molar-refractivity contribution in [1.29, 1.82) is 5.41 Å². The monoisotopic (exact) mass is 513 g/mol. The highest BCUT2D eigenvalue weighted by atomic mass is 32.2. The summed E-state index contributed by atoms with van der Waals surface area (Å²) in [6.45, 7) is 9.96. The van der Waals surface area contributed by atoms with Gasteiger partial charge in [0.2, 0.25) is 10.0 Å². The Balaban J connectivity index is 1.70. The number of hydrogen-bond donors (Lipinski definition) is 2. The number of hydrogen-bond acceptors (Lipinski definition) is 7. The van der Waals surface area contributed by atoms with E-state index < -0.39 is 10.0 Å². The first-order valence-electron chi connectivity index (χ1n) is 11.9. The van der Waals surface area contributed by atoms with Crippen LogP contribution in [0.15, 0.2) is 52.1 Å². The number of halogens is 1. The number of nitrogens with one attached hydrogen (secondary N) is 2. The number of rotatable bonds is 8. The van der Waals surface area contributed by atoms with Crippen molar-refractivity contribution >= 4 is 27.6 Å². The Morgan fingerprint density at radius 2 is 1.94 bits per heavy atom. The zero-order valence-electron chi connectivity index (χ0n) is 21.0. The minimum absolute atomic E-state index is 0.0920. The zero-order chi connectivity index (χ0) is 26.0. The SMILES string of the molecule is Cc1cc(Nc2ccc(F)cc2)c(C=N)cc1[C@@H]1CN(S(=O)(=O)c2conc2C)CCN1CC(C)C. The van der Waals surface area contributed by atoms with E-state index in [1.807, 2.05) is 19.1 Å². The second-order valence-corrected chi connectivity index (χ2v) is 11.5. The average molecular weight is 514 g/mol. The van der Waals surface area contributed by atoms with Gasteiger partial charge in [-0.3, -0.25) is 4.90 Å². The lowest BCUT2D eigenvalue weighted by Gasteiger charge is -2.42. The fraction of sp³-hybridized carbons (Fsp3) is 0.385. The van der Waals surface area contributed by atoms with E-state index in [0.717, 1.165) is 23.4 Å². The first kappa shape index (κ1) is 26.0. The maximum absolute atomic E-state index is 13.4. The summed E-state index contributed by atoms with van der Waals surface area (Å²) in [4.78, 5) is 2.41. The van der Waals surface area contributed by atoms with Crippen LogP contribution in [0.5, 0.6) is 0 Å². The second kappa shape index (κ2) is 10.5. The molecule has 2 N–H and O–H groups in total. The van der Waals surface area contributed by atoms with Crippen molar-refractivity contribution in [1.82, 2.24) is 14.4 Å². The molecule has 4 rings (SSSR count). The summed E-state index contributed by atoms with van der Waals surface area (Å²) in [5, 5.41) is 15.0. The Morgan fingerprint density at radius 3 is 2.56 bits per heavy atom. The third kappa shape index (κ3) is 5.35. The fourth-order valence-corrected chi connectivity index (χ4v) is 6.20. The van der Waals surface area contributed by atoms with E-state index in [1.165, 1.54) is 28.9 Å². The van der Waals surface area contributed by atoms with Crippen LogP contribution in [0.4, 0.5) is 15.8 Å². The lowest BCUT2D eigenvalue weighted by molar-refractivity contribution is 0.105. The van der Waals surface area contributed by atoms with Gasteiger partial charge in [-0.05, 0) is 67.3 Å². The van der Waals surface area contributed by atoms with Crippen LogP contribution in [0, 0.1) is 31.0 Å². The molecule has 0 bridgehead atoms. The van der Waals surface area contributed by atoms with Gasteiger partial charge in [-0.1, -0.05) is 19.0 Å². The number of anilines is 2. The summed E-state index contributed by atoms with van der Waals surface area (Å²) in [7, 11) is -3.76. The van der Waals surface area contributed by atoms with Gasteiger partial charge in [0, 0.05) is 55.4 Å². The maximum Gasteiger partial charge on any atom is 0.248 e. The molecule has 2 heterocycles. The molecule has 8 nitrogen and oxygen atoms in total. The van der Waals surface area contributed by atoms with Gasteiger partial charge in [0.05, 0.1) is 0 Å². The van der Waals surface area contributed by atoms with Crippen LogP contribution in [0.2, 0.25) is 0 Å². The predicted molar refractivity (Wildman–Crippen MR) is 138 cm³/mol. The van der Waals surface area contributed by atoms with E-state index in [0.29, 0.717) is 36.0 Å². The molecule has 1 saturated heterocycles. The van der Waals surface area contributed by atoms with Crippen LogP contribution < -0.4 is 5.32 Å². The molecule has 0 unspecified atom stereocenters. The molecule has 0 radical (unpaired) electrons. The minimum atomic E-state index is -3.76. The number of sulfonamides is 1. The van der Waals surface area contributed by atoms with Crippen molar-refractivity contribution in [2.75, 3.05) is 31.5 Å². The Kier molecular flexibility index (Phi) is 7.58. The largest absolute Gasteiger partial charge is 0.363 e. The predicted octanol–water partition coefficient (Wildman–Crippen LogP) is 4.88. The number of aryl methyl sites for hydroxylation is 2. The van der Waals surface area contributed by atoms with E-state index in [1.54, 1.807) is 19.1 Å². The Labute approximate surface area is 211 Å². The molecule has 1 aliphatic heterocycles. The highest BCUT2D eigenvalue weighted by Crippen LogP contribution is 2.34. The molecular weight excluding hydrogens is 481 g/mol. The summed E-state index contributed by atoms with van der Waals surface area (Å²) in [5.74, 6) is 0.0840. The minimum Gasteiger partial charge on any atom is -0.363 e. The van der Waals surface area contributed by atoms with Gasteiger partial charge >= 0.3 is 0 Å². The van der Waals surface area contributed by atoms with Crippen LogP contribution in [-0.4, -0.2) is 55.2 Å². The van der Waals surface area contributed by atoms with Gasteiger partial charge in [0.15, 0.2) is 0 Å². The van der Waals surface area contributed by atoms with Crippen LogP contribution in [0.25, 0.3) is 0 Å². The van der Waals surface area contributed by atoms with Gasteiger partial charge in [-0.25, -0.2) is 12.8 Å². The molecule has 1 aliphatic rings. The van der Waals surface area contributed by atoms with Crippen LogP contribution in [-0.2, 0) is 10.0 Å². The van der Waals surface area contributed by atoms with Crippen LogP contribution in [0.1, 0.15) is 42.3 Å². The molecule has 3 aromatic rings. The quantitative estimate of drug-likeness (QED) is 0.417. The van der Waals surface area contributed by atoms with Crippen molar-refractivity contribution in [2.45, 2.75) is 38.6 Å². The number of aromatic nitrogens is 1. The normalized spacial score (nSPS) is 17.4. The molecule has 1 fully saturated rings. The molecule has 1 aromatic heterocycles. The molecule has 192 valence electrons. The van der Waals surface area contributed by atoms with E-state index in [4.69, 9.17) is 9.93 Å². The summed E-state index contributed by atoms with van der Waals surface area (Å²) >= 11 is 0. The van der Waals surface area contributed by atoms with E-state index in [9.17, 15) is 12.8 Å².